The number of hydrogen-bond donors (Lipinski definition) is 0. The van der Waals surface area contributed by atoms with Crippen molar-refractivity contribution in [2.75, 3.05) is 12.5 Å². The monoisotopic (exact) mass is 210 g/mol. The highest BCUT2D eigenvalue weighted by atomic mass is 32.2. The summed E-state index contributed by atoms with van der Waals surface area (Å²) in [6.07, 6.45) is 4.41. The fourth-order valence-corrected chi connectivity index (χ4v) is 4.31. The topological polar surface area (TPSA) is 0 Å². The molecule has 0 bridgehead atoms. The molecule has 0 nitrogen and oxygen atoms in total. The lowest BCUT2D eigenvalue weighted by atomic mass is 9.86. The number of fused-ring (bicyclic) bond motifs is 1. The van der Waals surface area contributed by atoms with Gasteiger partial charge in [0, 0.05) is 10.5 Å². The first-order chi connectivity index (χ1) is 6.27. The van der Waals surface area contributed by atoms with Crippen LogP contribution < -0.4 is 0 Å². The van der Waals surface area contributed by atoms with Gasteiger partial charge in [-0.2, -0.15) is 23.5 Å². The minimum Gasteiger partial charge on any atom is -0.156 e. The molecule has 2 rings (SSSR count). The fourth-order valence-electron chi connectivity index (χ4n) is 1.93. The second-order valence-electron chi connectivity index (χ2n) is 3.44. The zero-order valence-electron chi connectivity index (χ0n) is 8.20. The van der Waals surface area contributed by atoms with Gasteiger partial charge in [-0.25, -0.2) is 0 Å². The van der Waals surface area contributed by atoms with Gasteiger partial charge in [0.25, 0.3) is 0 Å². The molecule has 0 heterocycles. The van der Waals surface area contributed by atoms with E-state index in [4.69, 9.17) is 0 Å². The van der Waals surface area contributed by atoms with Crippen LogP contribution in [0.15, 0.2) is 18.2 Å². The Labute approximate surface area is 88.5 Å². The molecule has 0 N–H and O–H groups in total. The fraction of sp³-hybridized carbons (Fsp3) is 0.455. The molecule has 13 heavy (non-hydrogen) atoms. The van der Waals surface area contributed by atoms with Gasteiger partial charge in [0.05, 0.1) is 0 Å². The third-order valence-electron chi connectivity index (χ3n) is 2.64. The van der Waals surface area contributed by atoms with E-state index in [-0.39, 0.29) is 0 Å². The summed E-state index contributed by atoms with van der Waals surface area (Å²) in [7, 11) is 0. The van der Waals surface area contributed by atoms with Gasteiger partial charge < -0.3 is 0 Å². The van der Waals surface area contributed by atoms with Crippen LogP contribution in [0.1, 0.15) is 27.2 Å². The quantitative estimate of drug-likeness (QED) is 0.728. The first kappa shape index (κ1) is 9.47. The minimum atomic E-state index is 0.727. The van der Waals surface area contributed by atoms with Crippen molar-refractivity contribution < 1.29 is 0 Å². The van der Waals surface area contributed by atoms with E-state index in [9.17, 15) is 0 Å². The van der Waals surface area contributed by atoms with Crippen molar-refractivity contribution in [3.8, 4) is 0 Å². The molecule has 0 saturated carbocycles. The Hall–Kier alpha value is -0.0800. The summed E-state index contributed by atoms with van der Waals surface area (Å²) in [6.45, 7) is 2.17. The van der Waals surface area contributed by atoms with Gasteiger partial charge >= 0.3 is 0 Å². The number of thioether (sulfide) groups is 2. The molecule has 0 aliphatic heterocycles. The average Bonchev–Trinajstić information content (AvgIpc) is 2.11. The van der Waals surface area contributed by atoms with Crippen LogP contribution >= 0.6 is 23.5 Å². The van der Waals surface area contributed by atoms with E-state index in [1.165, 1.54) is 5.56 Å². The SMILES string of the molecule is CSC1c2ccc(C)cc2C1SC. The summed E-state index contributed by atoms with van der Waals surface area (Å²) in [5.41, 5.74) is 4.50. The Balaban J connectivity index is 2.37. The minimum absolute atomic E-state index is 0.727. The molecule has 2 unspecified atom stereocenters. The van der Waals surface area contributed by atoms with Crippen molar-refractivity contribution in [1.29, 1.82) is 0 Å². The predicted molar refractivity (Wildman–Crippen MR) is 63.7 cm³/mol. The molecule has 2 heteroatoms. The Morgan fingerprint density at radius 2 is 1.62 bits per heavy atom. The molecule has 70 valence electrons. The van der Waals surface area contributed by atoms with E-state index in [2.05, 4.69) is 37.6 Å². The molecule has 1 aliphatic carbocycles. The molecule has 2 atom stereocenters. The first-order valence-electron chi connectivity index (χ1n) is 4.44. The summed E-state index contributed by atoms with van der Waals surface area (Å²) in [5, 5.41) is 1.45. The van der Waals surface area contributed by atoms with Gasteiger partial charge in [-0.3, -0.25) is 0 Å². The van der Waals surface area contributed by atoms with Crippen molar-refractivity contribution in [2.45, 2.75) is 17.4 Å². The number of benzene rings is 1. The van der Waals surface area contributed by atoms with E-state index >= 15 is 0 Å². The highest BCUT2D eigenvalue weighted by Gasteiger charge is 2.36. The second kappa shape index (κ2) is 3.58. The summed E-state index contributed by atoms with van der Waals surface area (Å²) in [4.78, 5) is 0. The van der Waals surface area contributed by atoms with Crippen LogP contribution in [-0.2, 0) is 0 Å². The van der Waals surface area contributed by atoms with E-state index in [1.807, 2.05) is 23.5 Å². The van der Waals surface area contributed by atoms with Gasteiger partial charge in [0.2, 0.25) is 0 Å². The molecule has 0 amide bonds. The number of rotatable bonds is 2. The Bertz CT molecular complexity index is 320. The van der Waals surface area contributed by atoms with Crippen LogP contribution in [0.5, 0.6) is 0 Å². The van der Waals surface area contributed by atoms with Crippen molar-refractivity contribution >= 4 is 23.5 Å². The number of hydrogen-bond acceptors (Lipinski definition) is 2. The van der Waals surface area contributed by atoms with Gasteiger partial charge in [0.1, 0.15) is 0 Å². The highest BCUT2D eigenvalue weighted by Crippen LogP contribution is 2.57. The maximum atomic E-state index is 2.34. The molecule has 1 aromatic rings. The Kier molecular flexibility index (Phi) is 2.61. The van der Waals surface area contributed by atoms with Crippen molar-refractivity contribution in [1.82, 2.24) is 0 Å². The van der Waals surface area contributed by atoms with E-state index in [1.54, 1.807) is 11.1 Å². The van der Waals surface area contributed by atoms with Crippen LogP contribution in [0.2, 0.25) is 0 Å². The molecular weight excluding hydrogens is 196 g/mol. The lowest BCUT2D eigenvalue weighted by molar-refractivity contribution is 0.793. The molecule has 0 aromatic heterocycles. The first-order valence-corrected chi connectivity index (χ1v) is 7.01. The highest BCUT2D eigenvalue weighted by molar-refractivity contribution is 8.02. The standard InChI is InChI=1S/C11H14S2/c1-7-4-5-8-9(6-7)11(13-3)10(8)12-2/h4-6,10-11H,1-3H3. The van der Waals surface area contributed by atoms with Crippen molar-refractivity contribution in [2.24, 2.45) is 0 Å². The molecular formula is C11H14S2. The number of aryl methyl sites for hydroxylation is 1. The van der Waals surface area contributed by atoms with Crippen LogP contribution in [-0.4, -0.2) is 12.5 Å². The molecule has 0 radical (unpaired) electrons. The summed E-state index contributed by atoms with van der Waals surface area (Å²) < 4.78 is 0. The molecule has 1 aromatic carbocycles. The van der Waals surface area contributed by atoms with E-state index < -0.39 is 0 Å². The van der Waals surface area contributed by atoms with Crippen LogP contribution in [0.4, 0.5) is 0 Å². The zero-order valence-corrected chi connectivity index (χ0v) is 9.84. The summed E-state index contributed by atoms with van der Waals surface area (Å²) >= 11 is 3.95. The Morgan fingerprint density at radius 3 is 2.23 bits per heavy atom. The second-order valence-corrected chi connectivity index (χ2v) is 5.40. The molecule has 0 saturated heterocycles. The van der Waals surface area contributed by atoms with Gasteiger partial charge in [0.15, 0.2) is 0 Å². The predicted octanol–water partition coefficient (Wildman–Crippen LogP) is 3.82. The third kappa shape index (κ3) is 1.40. The van der Waals surface area contributed by atoms with Crippen molar-refractivity contribution in [3.63, 3.8) is 0 Å². The Morgan fingerprint density at radius 1 is 1.00 bits per heavy atom. The van der Waals surface area contributed by atoms with E-state index in [0.29, 0.717) is 0 Å². The lowest BCUT2D eigenvalue weighted by Gasteiger charge is -2.37. The zero-order chi connectivity index (χ0) is 9.42. The van der Waals surface area contributed by atoms with Gasteiger partial charge in [-0.15, -0.1) is 0 Å². The molecule has 0 fully saturated rings. The van der Waals surface area contributed by atoms with Crippen LogP contribution in [0.3, 0.4) is 0 Å². The average molecular weight is 210 g/mol. The maximum Gasteiger partial charge on any atom is 0.0457 e. The molecule has 1 aliphatic rings. The smallest absolute Gasteiger partial charge is 0.0457 e. The summed E-state index contributed by atoms with van der Waals surface area (Å²) in [5.74, 6) is 0. The third-order valence-corrected chi connectivity index (χ3v) is 4.88. The van der Waals surface area contributed by atoms with E-state index in [0.717, 1.165) is 10.5 Å². The largest absolute Gasteiger partial charge is 0.156 e. The maximum absolute atomic E-state index is 2.34. The van der Waals surface area contributed by atoms with Gasteiger partial charge in [-0.1, -0.05) is 23.8 Å². The normalized spacial score (nSPS) is 25.2. The molecule has 0 spiro atoms. The van der Waals surface area contributed by atoms with Crippen LogP contribution in [0.25, 0.3) is 0 Å². The van der Waals surface area contributed by atoms with Crippen molar-refractivity contribution in [3.05, 3.63) is 34.9 Å². The lowest BCUT2D eigenvalue weighted by Crippen LogP contribution is -2.19. The van der Waals surface area contributed by atoms with Crippen LogP contribution in [0, 0.1) is 6.92 Å². The van der Waals surface area contributed by atoms with Gasteiger partial charge in [-0.05, 0) is 30.6 Å². The summed E-state index contributed by atoms with van der Waals surface area (Å²) in [6, 6.07) is 6.85.